The molecule has 4 heteroatoms. The molecule has 0 bridgehead atoms. The molecule has 2 nitrogen and oxygen atoms in total. The van der Waals surface area contributed by atoms with E-state index in [9.17, 15) is 8.78 Å². The van der Waals surface area contributed by atoms with Crippen LogP contribution in [0.25, 0.3) is 11.1 Å². The van der Waals surface area contributed by atoms with Crippen molar-refractivity contribution in [3.8, 4) is 11.1 Å². The van der Waals surface area contributed by atoms with Gasteiger partial charge in [-0.25, -0.2) is 13.8 Å². The van der Waals surface area contributed by atoms with E-state index in [-0.39, 0.29) is 17.5 Å². The summed E-state index contributed by atoms with van der Waals surface area (Å²) < 4.78 is 32.6. The van der Waals surface area contributed by atoms with E-state index in [2.05, 4.69) is 29.3 Å². The van der Waals surface area contributed by atoms with Crippen molar-refractivity contribution < 1.29 is 13.5 Å². The van der Waals surface area contributed by atoms with Crippen LogP contribution in [0, 0.1) is 11.6 Å². The van der Waals surface area contributed by atoms with Crippen LogP contribution in [0.4, 0.5) is 8.78 Å². The lowest BCUT2D eigenvalue weighted by Crippen LogP contribution is -2.18. The molecule has 0 N–H and O–H groups in total. The van der Waals surface area contributed by atoms with Crippen molar-refractivity contribution in [1.82, 2.24) is 0 Å². The first-order valence-corrected chi connectivity index (χ1v) is 8.52. The number of aliphatic imine (C=N–C) groups is 1. The Labute approximate surface area is 150 Å². The molecule has 0 radical (unpaired) electrons. The van der Waals surface area contributed by atoms with E-state index in [1.807, 2.05) is 30.3 Å². The highest BCUT2D eigenvalue weighted by Crippen LogP contribution is 2.29. The normalized spacial score (nSPS) is 16.7. The van der Waals surface area contributed by atoms with Crippen LogP contribution < -0.4 is 0 Å². The van der Waals surface area contributed by atoms with Crippen LogP contribution >= 0.6 is 0 Å². The Morgan fingerprint density at radius 1 is 0.846 bits per heavy atom. The van der Waals surface area contributed by atoms with Crippen molar-refractivity contribution in [2.45, 2.75) is 12.5 Å². The fraction of sp³-hybridized carbons (Fsp3) is 0.136. The van der Waals surface area contributed by atoms with E-state index in [4.69, 9.17) is 4.74 Å². The molecular weight excluding hydrogens is 332 g/mol. The third-order valence-corrected chi connectivity index (χ3v) is 4.47. The first kappa shape index (κ1) is 16.5. The molecule has 1 aliphatic rings. The minimum absolute atomic E-state index is 0.104. The van der Waals surface area contributed by atoms with Crippen molar-refractivity contribution in [3.63, 3.8) is 0 Å². The second-order valence-corrected chi connectivity index (χ2v) is 6.20. The molecule has 3 aromatic carbocycles. The minimum atomic E-state index is -0.663. The number of rotatable bonds is 3. The summed E-state index contributed by atoms with van der Waals surface area (Å²) >= 11 is 0. The van der Waals surface area contributed by atoms with Crippen molar-refractivity contribution in [2.75, 3.05) is 6.61 Å². The SMILES string of the molecule is Fc1ccc(C2=NC(c3ccc(-c4ccccc4)cc3)CCO2)c(F)c1. The van der Waals surface area contributed by atoms with Gasteiger partial charge in [-0.3, -0.25) is 0 Å². The molecule has 1 heterocycles. The molecule has 1 unspecified atom stereocenters. The summed E-state index contributed by atoms with van der Waals surface area (Å²) in [5.41, 5.74) is 3.53. The molecule has 0 spiro atoms. The second kappa shape index (κ2) is 7.08. The maximum atomic E-state index is 14.0. The van der Waals surface area contributed by atoms with E-state index < -0.39 is 11.6 Å². The molecule has 4 rings (SSSR count). The molecule has 3 aromatic rings. The fourth-order valence-electron chi connectivity index (χ4n) is 3.09. The number of ether oxygens (including phenoxy) is 1. The predicted molar refractivity (Wildman–Crippen MR) is 98.1 cm³/mol. The molecule has 1 atom stereocenters. The van der Waals surface area contributed by atoms with Crippen LogP contribution in [0.15, 0.2) is 77.8 Å². The lowest BCUT2D eigenvalue weighted by atomic mass is 9.99. The van der Waals surface area contributed by atoms with Crippen molar-refractivity contribution in [3.05, 3.63) is 95.6 Å². The highest BCUT2D eigenvalue weighted by molar-refractivity contribution is 5.94. The molecule has 26 heavy (non-hydrogen) atoms. The average Bonchev–Trinajstić information content (AvgIpc) is 2.69. The van der Waals surface area contributed by atoms with Gasteiger partial charge < -0.3 is 4.74 Å². The summed E-state index contributed by atoms with van der Waals surface area (Å²) in [5, 5.41) is 0. The maximum Gasteiger partial charge on any atom is 0.219 e. The highest BCUT2D eigenvalue weighted by atomic mass is 19.1. The molecule has 0 amide bonds. The predicted octanol–water partition coefficient (Wildman–Crippen LogP) is 5.54. The topological polar surface area (TPSA) is 21.6 Å². The van der Waals surface area contributed by atoms with Gasteiger partial charge in [0.15, 0.2) is 0 Å². The second-order valence-electron chi connectivity index (χ2n) is 6.20. The van der Waals surface area contributed by atoms with E-state index in [1.54, 1.807) is 0 Å². The summed E-state index contributed by atoms with van der Waals surface area (Å²) in [6, 6.07) is 21.7. The van der Waals surface area contributed by atoms with Crippen molar-refractivity contribution in [2.24, 2.45) is 4.99 Å². The Bertz CT molecular complexity index is 936. The monoisotopic (exact) mass is 349 g/mol. The van der Waals surface area contributed by atoms with Crippen molar-refractivity contribution >= 4 is 5.90 Å². The Morgan fingerprint density at radius 3 is 2.31 bits per heavy atom. The van der Waals surface area contributed by atoms with Gasteiger partial charge in [0, 0.05) is 12.5 Å². The molecule has 0 aliphatic carbocycles. The summed E-state index contributed by atoms with van der Waals surface area (Å²) in [5.74, 6) is -1.05. The summed E-state index contributed by atoms with van der Waals surface area (Å²) in [6.07, 6.45) is 0.719. The number of nitrogens with zero attached hydrogens (tertiary/aromatic N) is 1. The van der Waals surface area contributed by atoms with Gasteiger partial charge in [0.25, 0.3) is 0 Å². The first-order valence-electron chi connectivity index (χ1n) is 8.52. The average molecular weight is 349 g/mol. The van der Waals surface area contributed by atoms with E-state index in [1.165, 1.54) is 12.1 Å². The quantitative estimate of drug-likeness (QED) is 0.608. The highest BCUT2D eigenvalue weighted by Gasteiger charge is 2.21. The van der Waals surface area contributed by atoms with Crippen molar-refractivity contribution in [1.29, 1.82) is 0 Å². The van der Waals surface area contributed by atoms with E-state index in [0.29, 0.717) is 6.61 Å². The van der Waals surface area contributed by atoms with Crippen LogP contribution in [0.5, 0.6) is 0 Å². The molecule has 0 fully saturated rings. The summed E-state index contributed by atoms with van der Waals surface area (Å²) in [6.45, 7) is 0.445. The Balaban J connectivity index is 1.61. The molecule has 0 saturated heterocycles. The Kier molecular flexibility index (Phi) is 4.48. The number of halogens is 2. The molecule has 130 valence electrons. The zero-order valence-corrected chi connectivity index (χ0v) is 14.0. The maximum absolute atomic E-state index is 14.0. The van der Waals surface area contributed by atoms with Gasteiger partial charge in [-0.2, -0.15) is 0 Å². The zero-order chi connectivity index (χ0) is 17.9. The van der Waals surface area contributed by atoms with E-state index in [0.717, 1.165) is 29.2 Å². The van der Waals surface area contributed by atoms with Gasteiger partial charge in [0.05, 0.1) is 18.2 Å². The lowest BCUT2D eigenvalue weighted by Gasteiger charge is -2.22. The van der Waals surface area contributed by atoms with Crippen LogP contribution in [0.3, 0.4) is 0 Å². The summed E-state index contributed by atoms with van der Waals surface area (Å²) in [7, 11) is 0. The molecule has 1 aliphatic heterocycles. The largest absolute Gasteiger partial charge is 0.477 e. The number of hydrogen-bond donors (Lipinski definition) is 0. The third kappa shape index (κ3) is 3.36. The smallest absolute Gasteiger partial charge is 0.219 e. The first-order chi connectivity index (χ1) is 12.7. The number of benzene rings is 3. The Morgan fingerprint density at radius 2 is 1.58 bits per heavy atom. The van der Waals surface area contributed by atoms with Gasteiger partial charge in [-0.05, 0) is 28.8 Å². The third-order valence-electron chi connectivity index (χ3n) is 4.47. The standard InChI is InChI=1S/C22H17F2NO/c23-18-10-11-19(20(24)14-18)22-25-21(12-13-26-22)17-8-6-16(7-9-17)15-4-2-1-3-5-15/h1-11,14,21H,12-13H2. The zero-order valence-electron chi connectivity index (χ0n) is 14.0. The van der Waals surface area contributed by atoms with Crippen LogP contribution in [0.1, 0.15) is 23.6 Å². The Hall–Kier alpha value is -3.01. The van der Waals surface area contributed by atoms with Crippen LogP contribution in [0.2, 0.25) is 0 Å². The fourth-order valence-corrected chi connectivity index (χ4v) is 3.09. The van der Waals surface area contributed by atoms with E-state index >= 15 is 0 Å². The van der Waals surface area contributed by atoms with Gasteiger partial charge in [-0.1, -0.05) is 54.6 Å². The molecule has 0 saturated carbocycles. The molecule has 0 aromatic heterocycles. The van der Waals surface area contributed by atoms with Gasteiger partial charge in [0.2, 0.25) is 5.90 Å². The van der Waals surface area contributed by atoms with Gasteiger partial charge in [-0.15, -0.1) is 0 Å². The van der Waals surface area contributed by atoms with Gasteiger partial charge in [0.1, 0.15) is 11.6 Å². The number of hydrogen-bond acceptors (Lipinski definition) is 2. The van der Waals surface area contributed by atoms with Crippen LogP contribution in [-0.2, 0) is 4.74 Å². The lowest BCUT2D eigenvalue weighted by molar-refractivity contribution is 0.261. The molecular formula is C22H17F2NO. The van der Waals surface area contributed by atoms with Crippen LogP contribution in [-0.4, -0.2) is 12.5 Å². The van der Waals surface area contributed by atoms with Gasteiger partial charge >= 0.3 is 0 Å². The summed E-state index contributed by atoms with van der Waals surface area (Å²) in [4.78, 5) is 4.55. The minimum Gasteiger partial charge on any atom is -0.477 e.